The molecule has 5 rings (SSSR count). The summed E-state index contributed by atoms with van der Waals surface area (Å²) in [5, 5.41) is 14.8. The van der Waals surface area contributed by atoms with E-state index in [0.717, 1.165) is 64.4 Å². The molecule has 1 aromatic carbocycles. The molecule has 1 aliphatic carbocycles. The molecule has 1 aromatic rings. The first-order valence-corrected chi connectivity index (χ1v) is 14.9. The van der Waals surface area contributed by atoms with Crippen LogP contribution in [0.5, 0.6) is 5.75 Å². The van der Waals surface area contributed by atoms with Crippen LogP contribution in [0.3, 0.4) is 0 Å². The number of carbonyl (C=O) groups is 3. The predicted molar refractivity (Wildman–Crippen MR) is 153 cm³/mol. The van der Waals surface area contributed by atoms with Gasteiger partial charge in [0.15, 0.2) is 0 Å². The van der Waals surface area contributed by atoms with Gasteiger partial charge in [-0.15, -0.1) is 0 Å². The lowest BCUT2D eigenvalue weighted by molar-refractivity contribution is -0.159. The number of unbranched alkanes of at least 4 members (excludes halogenated alkanes) is 3. The second kappa shape index (κ2) is 13.6. The number of para-hydroxylation sites is 1. The van der Waals surface area contributed by atoms with Crippen molar-refractivity contribution < 1.29 is 29.3 Å². The lowest BCUT2D eigenvalue weighted by atomic mass is 10.0. The van der Waals surface area contributed by atoms with Crippen molar-refractivity contribution in [2.45, 2.75) is 83.3 Å². The minimum absolute atomic E-state index is 0.0857. The molecule has 0 aromatic heterocycles. The van der Waals surface area contributed by atoms with Crippen molar-refractivity contribution >= 4 is 23.7 Å². The highest BCUT2D eigenvalue weighted by Crippen LogP contribution is 2.42. The van der Waals surface area contributed by atoms with E-state index in [-0.39, 0.29) is 5.60 Å². The minimum atomic E-state index is -1.82. The Bertz CT molecular complexity index is 1020. The molecule has 2 amide bonds. The Morgan fingerprint density at radius 2 is 1.55 bits per heavy atom. The lowest BCUT2D eigenvalue weighted by Crippen LogP contribution is -2.46. The van der Waals surface area contributed by atoms with E-state index in [1.807, 2.05) is 0 Å². The highest BCUT2D eigenvalue weighted by Gasteiger charge is 2.35. The van der Waals surface area contributed by atoms with E-state index in [1.54, 1.807) is 0 Å². The summed E-state index contributed by atoms with van der Waals surface area (Å²) in [5.74, 6) is -2.53. The highest BCUT2D eigenvalue weighted by molar-refractivity contribution is 6.27. The zero-order valence-electron chi connectivity index (χ0n) is 24.1. The number of nitrogens with zero attached hydrogens (tertiary/aromatic N) is 4. The Morgan fingerprint density at radius 1 is 0.900 bits per heavy atom. The number of carbonyl (C=O) groups excluding carboxylic acids is 1. The van der Waals surface area contributed by atoms with E-state index in [2.05, 4.69) is 51.6 Å². The van der Waals surface area contributed by atoms with E-state index in [9.17, 15) is 4.79 Å². The number of hydrogen-bond donors (Lipinski definition) is 2. The van der Waals surface area contributed by atoms with Crippen molar-refractivity contribution in [2.24, 2.45) is 0 Å². The minimum Gasteiger partial charge on any atom is -0.485 e. The number of carboxylic acids is 2. The van der Waals surface area contributed by atoms with Crippen LogP contribution in [-0.2, 0) is 16.0 Å². The van der Waals surface area contributed by atoms with Gasteiger partial charge in [-0.3, -0.25) is 4.90 Å². The van der Waals surface area contributed by atoms with Crippen LogP contribution < -0.4 is 9.64 Å². The molecular weight excluding hydrogens is 512 g/mol. The van der Waals surface area contributed by atoms with Crippen molar-refractivity contribution in [3.63, 3.8) is 0 Å². The maximum Gasteiger partial charge on any atom is 0.414 e. The monoisotopic (exact) mass is 558 g/mol. The number of benzene rings is 1. The Hall–Kier alpha value is -3.01. The Balaban J connectivity index is 0.000000557. The SMILES string of the molecule is CC1(C)Cc2cccc(N3CCN(CCCCCCN4CCN(C5CCCC5)C4=O)CC3)c2O1.O=C(O)C(=O)O. The molecule has 10 heteroatoms. The first-order chi connectivity index (χ1) is 19.1. The molecule has 2 N–H and O–H groups in total. The van der Waals surface area contributed by atoms with Crippen LogP contribution in [-0.4, -0.2) is 107 Å². The number of carboxylic acid groups (broad SMARTS) is 2. The van der Waals surface area contributed by atoms with Crippen LogP contribution in [0.2, 0.25) is 0 Å². The van der Waals surface area contributed by atoms with Gasteiger partial charge in [0.1, 0.15) is 11.4 Å². The Labute approximate surface area is 237 Å². The first-order valence-electron chi connectivity index (χ1n) is 14.9. The van der Waals surface area contributed by atoms with Crippen molar-refractivity contribution in [3.8, 4) is 5.75 Å². The molecule has 1 saturated carbocycles. The van der Waals surface area contributed by atoms with E-state index >= 15 is 0 Å². The van der Waals surface area contributed by atoms with Gasteiger partial charge >= 0.3 is 18.0 Å². The summed E-state index contributed by atoms with van der Waals surface area (Å²) in [4.78, 5) is 40.3. The normalized spacial score (nSPS) is 20.8. The summed E-state index contributed by atoms with van der Waals surface area (Å²) in [7, 11) is 0. The molecule has 10 nitrogen and oxygen atoms in total. The smallest absolute Gasteiger partial charge is 0.414 e. The lowest BCUT2D eigenvalue weighted by Gasteiger charge is -2.36. The summed E-state index contributed by atoms with van der Waals surface area (Å²) in [6.45, 7) is 12.8. The molecule has 3 fully saturated rings. The number of amides is 2. The van der Waals surface area contributed by atoms with Gasteiger partial charge < -0.3 is 29.6 Å². The highest BCUT2D eigenvalue weighted by atomic mass is 16.5. The van der Waals surface area contributed by atoms with Gasteiger partial charge in [-0.05, 0) is 52.1 Å². The summed E-state index contributed by atoms with van der Waals surface area (Å²) < 4.78 is 6.30. The van der Waals surface area contributed by atoms with Gasteiger partial charge in [-0.25, -0.2) is 14.4 Å². The average Bonchev–Trinajstić information content (AvgIpc) is 3.64. The van der Waals surface area contributed by atoms with Crippen molar-refractivity contribution in [2.75, 3.05) is 57.3 Å². The summed E-state index contributed by atoms with van der Waals surface area (Å²) in [5.41, 5.74) is 2.55. The second-order valence-electron chi connectivity index (χ2n) is 12.1. The van der Waals surface area contributed by atoms with Crippen LogP contribution in [0.15, 0.2) is 18.2 Å². The van der Waals surface area contributed by atoms with Crippen LogP contribution in [0.25, 0.3) is 0 Å². The van der Waals surface area contributed by atoms with Crippen LogP contribution in [0.4, 0.5) is 10.5 Å². The molecule has 222 valence electrons. The third-order valence-electron chi connectivity index (χ3n) is 8.51. The van der Waals surface area contributed by atoms with Gasteiger partial charge in [0.2, 0.25) is 0 Å². The number of hydrogen-bond acceptors (Lipinski definition) is 6. The molecule has 0 unspecified atom stereocenters. The number of aliphatic carboxylic acids is 2. The third-order valence-corrected chi connectivity index (χ3v) is 8.51. The summed E-state index contributed by atoms with van der Waals surface area (Å²) in [6.07, 6.45) is 10.9. The van der Waals surface area contributed by atoms with Crippen LogP contribution in [0, 0.1) is 0 Å². The maximum absolute atomic E-state index is 12.7. The summed E-state index contributed by atoms with van der Waals surface area (Å²) in [6, 6.07) is 7.47. The third kappa shape index (κ3) is 7.80. The molecule has 0 radical (unpaired) electrons. The van der Waals surface area contributed by atoms with Gasteiger partial charge in [0, 0.05) is 63.8 Å². The number of anilines is 1. The predicted octanol–water partition coefficient (Wildman–Crippen LogP) is 3.92. The number of fused-ring (bicyclic) bond motifs is 1. The fraction of sp³-hybridized carbons (Fsp3) is 0.700. The largest absolute Gasteiger partial charge is 0.485 e. The molecule has 0 bridgehead atoms. The van der Waals surface area contributed by atoms with E-state index in [0.29, 0.717) is 12.1 Å². The number of urea groups is 1. The quantitative estimate of drug-likeness (QED) is 0.346. The molecule has 0 spiro atoms. The van der Waals surface area contributed by atoms with E-state index < -0.39 is 11.9 Å². The molecule has 3 aliphatic heterocycles. The van der Waals surface area contributed by atoms with E-state index in [1.165, 1.54) is 62.7 Å². The van der Waals surface area contributed by atoms with Crippen molar-refractivity contribution in [1.29, 1.82) is 0 Å². The van der Waals surface area contributed by atoms with Crippen LogP contribution >= 0.6 is 0 Å². The van der Waals surface area contributed by atoms with Crippen LogP contribution in [0.1, 0.15) is 70.8 Å². The average molecular weight is 559 g/mol. The zero-order chi connectivity index (χ0) is 28.7. The van der Waals surface area contributed by atoms with Gasteiger partial charge in [0.05, 0.1) is 5.69 Å². The van der Waals surface area contributed by atoms with E-state index in [4.69, 9.17) is 24.5 Å². The Morgan fingerprint density at radius 3 is 2.20 bits per heavy atom. The number of piperazine rings is 1. The van der Waals surface area contributed by atoms with Crippen molar-refractivity contribution in [1.82, 2.24) is 14.7 Å². The maximum atomic E-state index is 12.7. The second-order valence-corrected chi connectivity index (χ2v) is 12.1. The Kier molecular flexibility index (Phi) is 10.2. The first kappa shape index (κ1) is 30.0. The molecule has 4 aliphatic rings. The molecule has 3 heterocycles. The standard InChI is InChI=1S/C28H44N4O2.C2H2O4/c1-28(2)22-23-10-9-13-25(26(23)34-28)30-18-16-29(17-19-30)14-7-3-4-8-15-31-20-21-32(27(31)33)24-11-5-6-12-24;3-1(4)2(5)6/h9-10,13,24H,3-8,11-12,14-22H2,1-2H3;(H,3,4)(H,5,6). The van der Waals surface area contributed by atoms with Crippen molar-refractivity contribution in [3.05, 3.63) is 23.8 Å². The molecule has 40 heavy (non-hydrogen) atoms. The van der Waals surface area contributed by atoms with Gasteiger partial charge in [-0.2, -0.15) is 0 Å². The summed E-state index contributed by atoms with van der Waals surface area (Å²) >= 11 is 0. The topological polar surface area (TPSA) is 114 Å². The number of ether oxygens (including phenoxy) is 1. The molecule has 2 saturated heterocycles. The fourth-order valence-corrected chi connectivity index (χ4v) is 6.42. The fourth-order valence-electron chi connectivity index (χ4n) is 6.42. The van der Waals surface area contributed by atoms with Gasteiger partial charge in [0.25, 0.3) is 0 Å². The molecular formula is C30H46N4O6. The zero-order valence-corrected chi connectivity index (χ0v) is 24.1. The van der Waals surface area contributed by atoms with Gasteiger partial charge in [-0.1, -0.05) is 37.8 Å². The molecule has 0 atom stereocenters. The number of rotatable bonds is 9.